The molecule has 0 saturated carbocycles. The van der Waals surface area contributed by atoms with Gasteiger partial charge < -0.3 is 20.6 Å². The maximum absolute atomic E-state index is 12.5. The Hall–Kier alpha value is -2.62. The van der Waals surface area contributed by atoms with Crippen LogP contribution in [0.4, 0.5) is 13.2 Å². The zero-order valence-corrected chi connectivity index (χ0v) is 15.7. The summed E-state index contributed by atoms with van der Waals surface area (Å²) in [5.74, 6) is -2.70. The number of nitrogens with zero attached hydrogens (tertiary/aromatic N) is 1. The number of aliphatic carboxylic acids is 1. The number of rotatable bonds is 4. The third-order valence-electron chi connectivity index (χ3n) is 4.75. The van der Waals surface area contributed by atoms with Gasteiger partial charge in [-0.3, -0.25) is 9.59 Å². The molecule has 3 N–H and O–H groups in total. The predicted octanol–water partition coefficient (Wildman–Crippen LogP) is 1.68. The van der Waals surface area contributed by atoms with Gasteiger partial charge in [-0.15, -0.1) is 0 Å². The van der Waals surface area contributed by atoms with Crippen molar-refractivity contribution in [2.45, 2.75) is 50.5 Å². The van der Waals surface area contributed by atoms with Crippen LogP contribution in [0.1, 0.15) is 31.2 Å². The Morgan fingerprint density at radius 1 is 1.14 bits per heavy atom. The van der Waals surface area contributed by atoms with Gasteiger partial charge in [0.05, 0.1) is 6.04 Å². The van der Waals surface area contributed by atoms with Gasteiger partial charge in [0.25, 0.3) is 0 Å². The number of benzene rings is 1. The molecule has 0 spiro atoms. The number of carbonyl (C=O) groups excluding carboxylic acids is 2. The van der Waals surface area contributed by atoms with Crippen molar-refractivity contribution in [3.05, 3.63) is 35.9 Å². The number of hydrogen-bond acceptors (Lipinski definition) is 4. The molecule has 0 radical (unpaired) electrons. The van der Waals surface area contributed by atoms with Gasteiger partial charge >= 0.3 is 12.1 Å². The fourth-order valence-corrected chi connectivity index (χ4v) is 3.30. The molecule has 1 aromatic rings. The van der Waals surface area contributed by atoms with Crippen molar-refractivity contribution in [1.82, 2.24) is 15.5 Å². The molecule has 3 rings (SSSR count). The Bertz CT molecular complexity index is 706. The highest BCUT2D eigenvalue weighted by molar-refractivity contribution is 5.90. The highest BCUT2D eigenvalue weighted by Crippen LogP contribution is 2.21. The Morgan fingerprint density at radius 3 is 2.34 bits per heavy atom. The Balaban J connectivity index is 0.000000370. The predicted molar refractivity (Wildman–Crippen MR) is 97.7 cm³/mol. The van der Waals surface area contributed by atoms with E-state index in [2.05, 4.69) is 10.6 Å². The van der Waals surface area contributed by atoms with Crippen LogP contribution in [0.15, 0.2) is 30.3 Å². The molecule has 0 aliphatic carbocycles. The minimum atomic E-state index is -5.08. The first-order valence-corrected chi connectivity index (χ1v) is 9.35. The lowest BCUT2D eigenvalue weighted by Gasteiger charge is -2.26. The normalized spacial score (nSPS) is 21.3. The molecule has 2 atom stereocenters. The Morgan fingerprint density at radius 2 is 1.79 bits per heavy atom. The van der Waals surface area contributed by atoms with E-state index in [1.165, 1.54) is 0 Å². The molecule has 10 heteroatoms. The molecule has 0 bridgehead atoms. The lowest BCUT2D eigenvalue weighted by atomic mass is 10.1. The first kappa shape index (κ1) is 22.7. The van der Waals surface area contributed by atoms with E-state index >= 15 is 0 Å². The fourth-order valence-electron chi connectivity index (χ4n) is 3.30. The van der Waals surface area contributed by atoms with E-state index in [0.29, 0.717) is 13.1 Å². The van der Waals surface area contributed by atoms with E-state index in [0.717, 1.165) is 37.8 Å². The standard InChI is InChI=1S/C17H23N3O2.C2HF3O2/c21-16(19-12-13-6-2-1-3-7-13)15-9-5-11-20(15)17(22)14-8-4-10-18-14;3-2(4,5)1(6)7/h1-3,6-7,14-15,18H,4-5,8-12H2,(H,19,21);(H,6,7)/t14-,15-;/m0./s1. The molecular weight excluding hydrogens is 391 g/mol. The fraction of sp³-hybridized carbons (Fsp3) is 0.526. The number of alkyl halides is 3. The van der Waals surface area contributed by atoms with Crippen LogP contribution >= 0.6 is 0 Å². The Labute approximate surface area is 166 Å². The number of carboxylic acid groups (broad SMARTS) is 1. The Kier molecular flexibility index (Phi) is 8.00. The number of carbonyl (C=O) groups is 3. The van der Waals surface area contributed by atoms with Gasteiger partial charge in [-0.25, -0.2) is 4.79 Å². The van der Waals surface area contributed by atoms with Crippen molar-refractivity contribution >= 4 is 17.8 Å². The molecule has 2 saturated heterocycles. The maximum atomic E-state index is 12.5. The van der Waals surface area contributed by atoms with Crippen LogP contribution in [0, 0.1) is 0 Å². The van der Waals surface area contributed by atoms with Gasteiger partial charge in [-0.1, -0.05) is 30.3 Å². The molecule has 160 valence electrons. The minimum absolute atomic E-state index is 0.0345. The zero-order chi connectivity index (χ0) is 21.4. The van der Waals surface area contributed by atoms with Gasteiger partial charge in [-0.2, -0.15) is 13.2 Å². The van der Waals surface area contributed by atoms with Gasteiger partial charge in [0.15, 0.2) is 0 Å². The summed E-state index contributed by atoms with van der Waals surface area (Å²) in [4.78, 5) is 35.6. The molecule has 7 nitrogen and oxygen atoms in total. The van der Waals surface area contributed by atoms with Gasteiger partial charge in [0, 0.05) is 13.1 Å². The lowest BCUT2D eigenvalue weighted by molar-refractivity contribution is -0.192. The minimum Gasteiger partial charge on any atom is -0.475 e. The van der Waals surface area contributed by atoms with Crippen LogP contribution in [0.3, 0.4) is 0 Å². The van der Waals surface area contributed by atoms with E-state index in [4.69, 9.17) is 9.90 Å². The van der Waals surface area contributed by atoms with Crippen LogP contribution in [0.2, 0.25) is 0 Å². The van der Waals surface area contributed by atoms with Crippen LogP contribution in [-0.2, 0) is 20.9 Å². The van der Waals surface area contributed by atoms with Crippen molar-refractivity contribution < 1.29 is 32.7 Å². The first-order chi connectivity index (χ1) is 13.7. The van der Waals surface area contributed by atoms with Gasteiger partial charge in [-0.05, 0) is 37.8 Å². The van der Waals surface area contributed by atoms with E-state index < -0.39 is 12.1 Å². The second-order valence-corrected chi connectivity index (χ2v) is 6.84. The largest absolute Gasteiger partial charge is 0.490 e. The molecular formula is C19H24F3N3O4. The highest BCUT2D eigenvalue weighted by Gasteiger charge is 2.38. The molecule has 2 aliphatic heterocycles. The van der Waals surface area contributed by atoms with Gasteiger partial charge in [0.1, 0.15) is 6.04 Å². The number of halogens is 3. The van der Waals surface area contributed by atoms with E-state index in [1.54, 1.807) is 4.90 Å². The smallest absolute Gasteiger partial charge is 0.475 e. The van der Waals surface area contributed by atoms with Crippen molar-refractivity contribution in [2.24, 2.45) is 0 Å². The average molecular weight is 415 g/mol. The van der Waals surface area contributed by atoms with Crippen molar-refractivity contribution in [2.75, 3.05) is 13.1 Å². The van der Waals surface area contributed by atoms with Crippen LogP contribution < -0.4 is 10.6 Å². The summed E-state index contributed by atoms with van der Waals surface area (Å²) in [5, 5.41) is 13.3. The molecule has 2 fully saturated rings. The van der Waals surface area contributed by atoms with E-state index in [1.807, 2.05) is 30.3 Å². The SMILES string of the molecule is O=C(NCc1ccccc1)[C@@H]1CCCN1C(=O)[C@@H]1CCCN1.O=C(O)C(F)(F)F. The van der Waals surface area contributed by atoms with Crippen LogP contribution in [0.5, 0.6) is 0 Å². The highest BCUT2D eigenvalue weighted by atomic mass is 19.4. The third kappa shape index (κ3) is 6.74. The summed E-state index contributed by atoms with van der Waals surface area (Å²) < 4.78 is 31.7. The number of amides is 2. The molecule has 2 aliphatic rings. The second kappa shape index (κ2) is 10.2. The molecule has 29 heavy (non-hydrogen) atoms. The molecule has 1 aromatic carbocycles. The lowest BCUT2D eigenvalue weighted by Crippen LogP contribution is -2.50. The van der Waals surface area contributed by atoms with Crippen molar-refractivity contribution in [3.8, 4) is 0 Å². The average Bonchev–Trinajstić information content (AvgIpc) is 3.38. The molecule has 0 aromatic heterocycles. The van der Waals surface area contributed by atoms with E-state index in [-0.39, 0.29) is 23.9 Å². The topological polar surface area (TPSA) is 98.7 Å². The number of hydrogen-bond donors (Lipinski definition) is 3. The summed E-state index contributed by atoms with van der Waals surface area (Å²) in [7, 11) is 0. The maximum Gasteiger partial charge on any atom is 0.490 e. The third-order valence-corrected chi connectivity index (χ3v) is 4.75. The first-order valence-electron chi connectivity index (χ1n) is 9.35. The molecule has 0 unspecified atom stereocenters. The summed E-state index contributed by atoms with van der Waals surface area (Å²) >= 11 is 0. The summed E-state index contributed by atoms with van der Waals surface area (Å²) in [6.07, 6.45) is -1.50. The number of likely N-dealkylation sites (tertiary alicyclic amines) is 1. The summed E-state index contributed by atoms with van der Waals surface area (Å²) in [6.45, 7) is 2.11. The molecule has 2 amide bonds. The van der Waals surface area contributed by atoms with Crippen LogP contribution in [0.25, 0.3) is 0 Å². The number of nitrogens with one attached hydrogen (secondary N) is 2. The molecule has 2 heterocycles. The monoisotopic (exact) mass is 415 g/mol. The summed E-state index contributed by atoms with van der Waals surface area (Å²) in [6, 6.07) is 9.44. The van der Waals surface area contributed by atoms with E-state index in [9.17, 15) is 22.8 Å². The van der Waals surface area contributed by atoms with Crippen LogP contribution in [-0.4, -0.2) is 59.1 Å². The quantitative estimate of drug-likeness (QED) is 0.695. The zero-order valence-electron chi connectivity index (χ0n) is 15.7. The second-order valence-electron chi connectivity index (χ2n) is 6.84. The number of carboxylic acids is 1. The summed E-state index contributed by atoms with van der Waals surface area (Å²) in [5.41, 5.74) is 1.07. The van der Waals surface area contributed by atoms with Crippen molar-refractivity contribution in [1.29, 1.82) is 0 Å². The van der Waals surface area contributed by atoms with Gasteiger partial charge in [0.2, 0.25) is 11.8 Å². The van der Waals surface area contributed by atoms with Crippen molar-refractivity contribution in [3.63, 3.8) is 0 Å².